The molecule has 8 heteroatoms. The number of hydrogen-bond acceptors (Lipinski definition) is 4. The van der Waals surface area contributed by atoms with E-state index in [-0.39, 0.29) is 6.61 Å². The van der Waals surface area contributed by atoms with E-state index in [1.54, 1.807) is 0 Å². The van der Waals surface area contributed by atoms with E-state index in [0.29, 0.717) is 0 Å². The number of nitrogens with one attached hydrogen (secondary N) is 1. The molecule has 0 aromatic rings. The Morgan fingerprint density at radius 2 is 2.12 bits per heavy atom. The fraction of sp³-hybridized carbons (Fsp3) is 0.444. The van der Waals surface area contributed by atoms with Crippen LogP contribution < -0.4 is 11.1 Å². The quantitative estimate of drug-likeness (QED) is 0.528. The van der Waals surface area contributed by atoms with Gasteiger partial charge in [0.05, 0.1) is 0 Å². The summed E-state index contributed by atoms with van der Waals surface area (Å²) in [6, 6.07) is -1.59. The lowest BCUT2D eigenvalue weighted by Crippen LogP contribution is -2.44. The van der Waals surface area contributed by atoms with Crippen LogP contribution in [0.5, 0.6) is 0 Å². The minimum atomic E-state index is -2.16. The molecule has 0 aliphatic carbocycles. The number of carbonyl (C=O) groups excluding carboxylic acids is 2. The number of aliphatic carboxylic acids is 1. The minimum Gasteiger partial charge on any atom is -0.480 e. The van der Waals surface area contributed by atoms with Gasteiger partial charge in [-0.1, -0.05) is 12.7 Å². The van der Waals surface area contributed by atoms with Crippen LogP contribution in [0.2, 0.25) is 0 Å². The van der Waals surface area contributed by atoms with Crippen molar-refractivity contribution in [3.05, 3.63) is 12.7 Å². The summed E-state index contributed by atoms with van der Waals surface area (Å²) in [7, 11) is 0. The first-order valence-electron chi connectivity index (χ1n) is 4.58. The second-order valence-corrected chi connectivity index (χ2v) is 3.03. The lowest BCUT2D eigenvalue weighted by atomic mass is 10.1. The number of alkyl carbamates (subject to hydrolysis) is 1. The number of halogens is 1. The third kappa shape index (κ3) is 6.13. The maximum absolute atomic E-state index is 12.9. The van der Waals surface area contributed by atoms with E-state index in [1.807, 2.05) is 5.32 Å². The SMILES string of the molecule is C=CCOC(=O)N[C@@H](C[C@@H](F)C(N)=O)C(=O)O. The van der Waals surface area contributed by atoms with E-state index in [0.717, 1.165) is 0 Å². The van der Waals surface area contributed by atoms with Crippen LogP contribution >= 0.6 is 0 Å². The summed E-state index contributed by atoms with van der Waals surface area (Å²) in [5.74, 6) is -2.79. The molecule has 7 nitrogen and oxygen atoms in total. The van der Waals surface area contributed by atoms with Crippen molar-refractivity contribution in [2.45, 2.75) is 18.6 Å². The number of primary amides is 1. The standard InChI is InChI=1S/C9H13FN2O5/c1-2-3-17-9(16)12-6(8(14)15)4-5(10)7(11)13/h2,5-6H,1,3-4H2,(H2,11,13)(H,12,16)(H,14,15)/t5-,6+/m1/s1. The highest BCUT2D eigenvalue weighted by atomic mass is 19.1. The van der Waals surface area contributed by atoms with Gasteiger partial charge in [0.15, 0.2) is 6.17 Å². The zero-order valence-electron chi connectivity index (χ0n) is 8.89. The van der Waals surface area contributed by atoms with Crippen molar-refractivity contribution >= 4 is 18.0 Å². The molecular weight excluding hydrogens is 235 g/mol. The first-order valence-corrected chi connectivity index (χ1v) is 4.58. The van der Waals surface area contributed by atoms with E-state index < -0.39 is 36.6 Å². The second kappa shape index (κ2) is 7.20. The molecule has 2 amide bonds. The van der Waals surface area contributed by atoms with Gasteiger partial charge in [0.25, 0.3) is 5.91 Å². The molecule has 0 heterocycles. The fourth-order valence-electron chi connectivity index (χ4n) is 0.863. The van der Waals surface area contributed by atoms with Gasteiger partial charge in [0, 0.05) is 6.42 Å². The number of rotatable bonds is 7. The van der Waals surface area contributed by atoms with E-state index in [9.17, 15) is 18.8 Å². The first-order chi connectivity index (χ1) is 7.88. The second-order valence-electron chi connectivity index (χ2n) is 3.03. The Bertz CT molecular complexity index is 321. The Morgan fingerprint density at radius 3 is 2.53 bits per heavy atom. The van der Waals surface area contributed by atoms with Crippen LogP contribution in [0.1, 0.15) is 6.42 Å². The lowest BCUT2D eigenvalue weighted by molar-refractivity contribution is -0.140. The van der Waals surface area contributed by atoms with Crippen molar-refractivity contribution < 1.29 is 28.6 Å². The number of ether oxygens (including phenoxy) is 1. The van der Waals surface area contributed by atoms with Crippen molar-refractivity contribution in [3.63, 3.8) is 0 Å². The van der Waals surface area contributed by atoms with Crippen LogP contribution in [-0.2, 0) is 14.3 Å². The molecule has 0 saturated carbocycles. The maximum atomic E-state index is 12.9. The van der Waals surface area contributed by atoms with Crippen LogP contribution in [-0.4, -0.2) is 41.9 Å². The summed E-state index contributed by atoms with van der Waals surface area (Å²) >= 11 is 0. The zero-order chi connectivity index (χ0) is 13.4. The van der Waals surface area contributed by atoms with Crippen LogP contribution in [0.25, 0.3) is 0 Å². The van der Waals surface area contributed by atoms with Gasteiger partial charge < -0.3 is 20.9 Å². The first kappa shape index (κ1) is 14.9. The predicted molar refractivity (Wildman–Crippen MR) is 54.8 cm³/mol. The maximum Gasteiger partial charge on any atom is 0.408 e. The fourth-order valence-corrected chi connectivity index (χ4v) is 0.863. The topological polar surface area (TPSA) is 119 Å². The van der Waals surface area contributed by atoms with E-state index in [1.165, 1.54) is 6.08 Å². The van der Waals surface area contributed by atoms with Crippen molar-refractivity contribution in [1.82, 2.24) is 5.32 Å². The summed E-state index contributed by atoms with van der Waals surface area (Å²) in [6.07, 6.45) is -2.69. The van der Waals surface area contributed by atoms with Crippen LogP contribution in [0, 0.1) is 0 Å². The molecule has 0 fully saturated rings. The Morgan fingerprint density at radius 1 is 1.53 bits per heavy atom. The van der Waals surface area contributed by atoms with Gasteiger partial charge in [-0.05, 0) is 0 Å². The lowest BCUT2D eigenvalue weighted by Gasteiger charge is -2.14. The molecule has 17 heavy (non-hydrogen) atoms. The number of carbonyl (C=O) groups is 3. The predicted octanol–water partition coefficient (Wildman–Crippen LogP) is -0.435. The average Bonchev–Trinajstić information content (AvgIpc) is 2.24. The molecule has 0 aromatic heterocycles. The van der Waals surface area contributed by atoms with Gasteiger partial charge in [0.1, 0.15) is 12.6 Å². The van der Waals surface area contributed by atoms with Crippen molar-refractivity contribution in [1.29, 1.82) is 0 Å². The van der Waals surface area contributed by atoms with Gasteiger partial charge in [-0.25, -0.2) is 14.0 Å². The largest absolute Gasteiger partial charge is 0.480 e. The summed E-state index contributed by atoms with van der Waals surface area (Å²) in [4.78, 5) is 32.1. The van der Waals surface area contributed by atoms with E-state index >= 15 is 0 Å². The number of carboxylic acid groups (broad SMARTS) is 1. The highest BCUT2D eigenvalue weighted by molar-refractivity contribution is 5.83. The molecule has 0 spiro atoms. The summed E-state index contributed by atoms with van der Waals surface area (Å²) < 4.78 is 17.3. The Hall–Kier alpha value is -2.12. The summed E-state index contributed by atoms with van der Waals surface area (Å²) in [6.45, 7) is 3.16. The third-order valence-corrected chi connectivity index (χ3v) is 1.67. The van der Waals surface area contributed by atoms with Gasteiger partial charge in [-0.3, -0.25) is 4.79 Å². The molecule has 4 N–H and O–H groups in total. The highest BCUT2D eigenvalue weighted by Crippen LogP contribution is 2.03. The smallest absolute Gasteiger partial charge is 0.408 e. The molecule has 0 rings (SSSR count). The van der Waals surface area contributed by atoms with E-state index in [2.05, 4.69) is 17.0 Å². The Kier molecular flexibility index (Phi) is 6.30. The summed E-state index contributed by atoms with van der Waals surface area (Å²) in [5.41, 5.74) is 4.63. The van der Waals surface area contributed by atoms with Gasteiger partial charge in [0.2, 0.25) is 0 Å². The van der Waals surface area contributed by atoms with Gasteiger partial charge >= 0.3 is 12.1 Å². The number of amides is 2. The normalized spacial score (nSPS) is 13.2. The van der Waals surface area contributed by atoms with E-state index in [4.69, 9.17) is 5.11 Å². The molecule has 0 unspecified atom stereocenters. The molecule has 0 aromatic carbocycles. The van der Waals surface area contributed by atoms with Gasteiger partial charge in [-0.2, -0.15) is 0 Å². The Labute approximate surface area is 96.4 Å². The van der Waals surface area contributed by atoms with Crippen LogP contribution in [0.4, 0.5) is 9.18 Å². The molecule has 2 atom stereocenters. The molecule has 0 saturated heterocycles. The monoisotopic (exact) mass is 248 g/mol. The number of nitrogens with two attached hydrogens (primary N) is 1. The number of carboxylic acids is 1. The third-order valence-electron chi connectivity index (χ3n) is 1.67. The highest BCUT2D eigenvalue weighted by Gasteiger charge is 2.27. The van der Waals surface area contributed by atoms with Crippen LogP contribution in [0.15, 0.2) is 12.7 Å². The zero-order valence-corrected chi connectivity index (χ0v) is 8.89. The summed E-state index contributed by atoms with van der Waals surface area (Å²) in [5, 5.41) is 10.5. The molecule has 0 radical (unpaired) electrons. The number of alkyl halides is 1. The van der Waals surface area contributed by atoms with Crippen LogP contribution in [0.3, 0.4) is 0 Å². The molecule has 0 bridgehead atoms. The minimum absolute atomic E-state index is 0.118. The van der Waals surface area contributed by atoms with Crippen molar-refractivity contribution in [2.24, 2.45) is 5.73 Å². The Balaban J connectivity index is 4.34. The van der Waals surface area contributed by atoms with Gasteiger partial charge in [-0.15, -0.1) is 0 Å². The van der Waals surface area contributed by atoms with Crippen molar-refractivity contribution in [2.75, 3.05) is 6.61 Å². The molecule has 0 aliphatic rings. The van der Waals surface area contributed by atoms with Crippen molar-refractivity contribution in [3.8, 4) is 0 Å². The molecule has 0 aliphatic heterocycles. The average molecular weight is 248 g/mol. The number of hydrogen-bond donors (Lipinski definition) is 3. The molecule has 96 valence electrons. The molecular formula is C9H13FN2O5.